The lowest BCUT2D eigenvalue weighted by Gasteiger charge is -2.07. The first-order valence-corrected chi connectivity index (χ1v) is 8.38. The van der Waals surface area contributed by atoms with Gasteiger partial charge in [-0.3, -0.25) is 9.59 Å². The Morgan fingerprint density at radius 2 is 1.77 bits per heavy atom. The molecule has 0 N–H and O–H groups in total. The maximum atomic E-state index is 13.1. The van der Waals surface area contributed by atoms with E-state index >= 15 is 0 Å². The molecule has 0 fully saturated rings. The van der Waals surface area contributed by atoms with Crippen molar-refractivity contribution in [1.82, 2.24) is 4.57 Å². The van der Waals surface area contributed by atoms with E-state index in [-0.39, 0.29) is 12.3 Å². The number of esters is 1. The van der Waals surface area contributed by atoms with Crippen molar-refractivity contribution in [2.45, 2.75) is 13.5 Å². The minimum atomic E-state index is -0.390. The summed E-state index contributed by atoms with van der Waals surface area (Å²) in [4.78, 5) is 25.0. The summed E-state index contributed by atoms with van der Waals surface area (Å²) in [5.41, 5.74) is 2.52. The van der Waals surface area contributed by atoms with Gasteiger partial charge >= 0.3 is 5.97 Å². The number of ether oxygens (including phenoxy) is 2. The summed E-state index contributed by atoms with van der Waals surface area (Å²) in [6.07, 6.45) is 0. The zero-order chi connectivity index (χ0) is 18.8. The van der Waals surface area contributed by atoms with E-state index in [0.29, 0.717) is 27.6 Å². The summed E-state index contributed by atoms with van der Waals surface area (Å²) in [6.45, 7) is 1.83. The van der Waals surface area contributed by atoms with E-state index < -0.39 is 5.97 Å². The van der Waals surface area contributed by atoms with Crippen LogP contribution in [0.25, 0.3) is 10.9 Å². The van der Waals surface area contributed by atoms with Crippen LogP contribution < -0.4 is 4.74 Å². The molecule has 0 atom stereocenters. The highest BCUT2D eigenvalue weighted by atomic mass is 35.5. The molecular formula is C20H18ClNO4. The number of aromatic nitrogens is 1. The van der Waals surface area contributed by atoms with Crippen LogP contribution in [0.3, 0.4) is 0 Å². The molecule has 3 aromatic rings. The van der Waals surface area contributed by atoms with Gasteiger partial charge in [0.25, 0.3) is 0 Å². The Balaban J connectivity index is 2.21. The van der Waals surface area contributed by atoms with E-state index in [2.05, 4.69) is 0 Å². The molecule has 0 aliphatic rings. The van der Waals surface area contributed by atoms with Crippen molar-refractivity contribution < 1.29 is 19.1 Å². The van der Waals surface area contributed by atoms with Gasteiger partial charge in [0.2, 0.25) is 0 Å². The van der Waals surface area contributed by atoms with Crippen molar-refractivity contribution in [3.05, 3.63) is 64.3 Å². The van der Waals surface area contributed by atoms with E-state index in [9.17, 15) is 9.59 Å². The SMILES string of the molecule is COC(=O)Cn1c(C)c(C(=O)c2ccc(Cl)cc2)c2ccc(OC)cc21. The van der Waals surface area contributed by atoms with Crippen molar-refractivity contribution in [3.8, 4) is 5.75 Å². The third kappa shape index (κ3) is 3.18. The smallest absolute Gasteiger partial charge is 0.325 e. The molecule has 6 heteroatoms. The quantitative estimate of drug-likeness (QED) is 0.502. The third-order valence-corrected chi connectivity index (χ3v) is 4.63. The van der Waals surface area contributed by atoms with Crippen molar-refractivity contribution in [2.75, 3.05) is 14.2 Å². The predicted octanol–water partition coefficient (Wildman–Crippen LogP) is 4.02. The molecule has 134 valence electrons. The van der Waals surface area contributed by atoms with Crippen LogP contribution in [0.2, 0.25) is 5.02 Å². The Kier molecular flexibility index (Phi) is 5.00. The summed E-state index contributed by atoms with van der Waals surface area (Å²) in [5.74, 6) is 0.128. The molecule has 0 aliphatic carbocycles. The van der Waals surface area contributed by atoms with Gasteiger partial charge in [0.1, 0.15) is 12.3 Å². The standard InChI is InChI=1S/C20H18ClNO4/c1-12-19(20(24)13-4-6-14(21)7-5-13)16-9-8-15(25-2)10-17(16)22(12)11-18(23)26-3/h4-10H,11H2,1-3H3. The number of hydrogen-bond acceptors (Lipinski definition) is 4. The van der Waals surface area contributed by atoms with Crippen LogP contribution in [0.15, 0.2) is 42.5 Å². The van der Waals surface area contributed by atoms with E-state index in [4.69, 9.17) is 21.1 Å². The van der Waals surface area contributed by atoms with E-state index in [1.54, 1.807) is 42.0 Å². The summed E-state index contributed by atoms with van der Waals surface area (Å²) in [7, 11) is 2.91. The molecule has 1 heterocycles. The number of ketones is 1. The molecule has 0 unspecified atom stereocenters. The van der Waals surface area contributed by atoms with Crippen LogP contribution in [-0.4, -0.2) is 30.5 Å². The average Bonchev–Trinajstić information content (AvgIpc) is 2.92. The van der Waals surface area contributed by atoms with Crippen LogP contribution >= 0.6 is 11.6 Å². The van der Waals surface area contributed by atoms with Crippen molar-refractivity contribution in [3.63, 3.8) is 0 Å². The van der Waals surface area contributed by atoms with E-state index in [0.717, 1.165) is 10.9 Å². The molecule has 0 bridgehead atoms. The first-order valence-electron chi connectivity index (χ1n) is 8.00. The number of hydrogen-bond donors (Lipinski definition) is 0. The minimum absolute atomic E-state index is 0.0138. The molecule has 5 nitrogen and oxygen atoms in total. The van der Waals surface area contributed by atoms with Gasteiger partial charge in [0.05, 0.1) is 25.3 Å². The van der Waals surface area contributed by atoms with Crippen LogP contribution in [0.4, 0.5) is 0 Å². The maximum absolute atomic E-state index is 13.1. The van der Waals surface area contributed by atoms with Crippen molar-refractivity contribution in [1.29, 1.82) is 0 Å². The predicted molar refractivity (Wildman–Crippen MR) is 100 cm³/mol. The molecule has 0 saturated carbocycles. The molecule has 2 aromatic carbocycles. The Bertz CT molecular complexity index is 989. The van der Waals surface area contributed by atoms with Crippen molar-refractivity contribution >= 4 is 34.3 Å². The Morgan fingerprint density at radius 3 is 2.38 bits per heavy atom. The highest BCUT2D eigenvalue weighted by Gasteiger charge is 2.22. The van der Waals surface area contributed by atoms with Gasteiger partial charge < -0.3 is 14.0 Å². The first kappa shape index (κ1) is 18.0. The second kappa shape index (κ2) is 7.22. The zero-order valence-electron chi connectivity index (χ0n) is 14.7. The lowest BCUT2D eigenvalue weighted by Crippen LogP contribution is -2.13. The number of halogens is 1. The second-order valence-corrected chi connectivity index (χ2v) is 6.28. The summed E-state index contributed by atoms with van der Waals surface area (Å²) in [6, 6.07) is 12.2. The zero-order valence-corrected chi connectivity index (χ0v) is 15.5. The fraction of sp³-hybridized carbons (Fsp3) is 0.200. The van der Waals surface area contributed by atoms with Crippen LogP contribution in [0, 0.1) is 6.92 Å². The number of benzene rings is 2. The summed E-state index contributed by atoms with van der Waals surface area (Å²) < 4.78 is 11.8. The Morgan fingerprint density at radius 1 is 1.08 bits per heavy atom. The van der Waals surface area contributed by atoms with Gasteiger partial charge in [-0.05, 0) is 43.3 Å². The number of carbonyl (C=O) groups is 2. The lowest BCUT2D eigenvalue weighted by atomic mass is 10.0. The molecule has 0 radical (unpaired) electrons. The highest BCUT2D eigenvalue weighted by Crippen LogP contribution is 2.31. The summed E-state index contributed by atoms with van der Waals surface area (Å²) in [5, 5.41) is 1.32. The van der Waals surface area contributed by atoms with Crippen molar-refractivity contribution in [2.24, 2.45) is 0 Å². The normalized spacial score (nSPS) is 10.8. The molecule has 0 saturated heterocycles. The van der Waals surface area contributed by atoms with Gasteiger partial charge in [0.15, 0.2) is 5.78 Å². The second-order valence-electron chi connectivity index (χ2n) is 5.84. The molecule has 3 rings (SSSR count). The van der Waals surface area contributed by atoms with Crippen LogP contribution in [-0.2, 0) is 16.1 Å². The van der Waals surface area contributed by atoms with Gasteiger partial charge in [-0.25, -0.2) is 0 Å². The third-order valence-electron chi connectivity index (χ3n) is 4.38. The largest absolute Gasteiger partial charge is 0.497 e. The maximum Gasteiger partial charge on any atom is 0.325 e. The van der Waals surface area contributed by atoms with Gasteiger partial charge in [0, 0.05) is 27.7 Å². The lowest BCUT2D eigenvalue weighted by molar-refractivity contribution is -0.141. The topological polar surface area (TPSA) is 57.5 Å². The van der Waals surface area contributed by atoms with Crippen LogP contribution in [0.1, 0.15) is 21.6 Å². The average molecular weight is 372 g/mol. The monoisotopic (exact) mass is 371 g/mol. The van der Waals surface area contributed by atoms with Crippen LogP contribution in [0.5, 0.6) is 5.75 Å². The first-order chi connectivity index (χ1) is 12.5. The molecular weight excluding hydrogens is 354 g/mol. The Labute approximate surface area is 156 Å². The van der Waals surface area contributed by atoms with E-state index in [1.165, 1.54) is 7.11 Å². The molecule has 0 aliphatic heterocycles. The number of nitrogens with zero attached hydrogens (tertiary/aromatic N) is 1. The number of carbonyl (C=O) groups excluding carboxylic acids is 2. The van der Waals surface area contributed by atoms with Gasteiger partial charge in [-0.2, -0.15) is 0 Å². The highest BCUT2D eigenvalue weighted by molar-refractivity contribution is 6.30. The van der Waals surface area contributed by atoms with E-state index in [1.807, 2.05) is 19.1 Å². The molecule has 0 amide bonds. The summed E-state index contributed by atoms with van der Waals surface area (Å²) >= 11 is 5.92. The Hall–Kier alpha value is -2.79. The molecule has 0 spiro atoms. The molecule has 1 aromatic heterocycles. The fourth-order valence-electron chi connectivity index (χ4n) is 3.01. The fourth-order valence-corrected chi connectivity index (χ4v) is 3.14. The molecule has 26 heavy (non-hydrogen) atoms. The van der Waals surface area contributed by atoms with Gasteiger partial charge in [-0.1, -0.05) is 11.6 Å². The number of methoxy groups -OCH3 is 2. The number of fused-ring (bicyclic) bond motifs is 1. The van der Waals surface area contributed by atoms with Gasteiger partial charge in [-0.15, -0.1) is 0 Å². The number of rotatable bonds is 5. The minimum Gasteiger partial charge on any atom is -0.497 e.